The largest absolute Gasteiger partial charge is 0.508 e. The molecule has 20 heavy (non-hydrogen) atoms. The third kappa shape index (κ3) is 2.51. The molecule has 0 radical (unpaired) electrons. The Morgan fingerprint density at radius 3 is 2.50 bits per heavy atom. The van der Waals surface area contributed by atoms with Gasteiger partial charge in [-0.3, -0.25) is 4.79 Å². The summed E-state index contributed by atoms with van der Waals surface area (Å²) in [4.78, 5) is 12.2. The normalized spacial score (nSPS) is 10.3. The number of benzene rings is 2. The lowest BCUT2D eigenvalue weighted by Gasteiger charge is -2.14. The number of amides is 1. The summed E-state index contributed by atoms with van der Waals surface area (Å²) >= 11 is 0. The third-order valence-electron chi connectivity index (χ3n) is 3.23. The Morgan fingerprint density at radius 1 is 1.15 bits per heavy atom. The van der Waals surface area contributed by atoms with E-state index in [0.717, 1.165) is 17.2 Å². The molecule has 0 spiro atoms. The van der Waals surface area contributed by atoms with Crippen LogP contribution >= 0.6 is 0 Å². The fourth-order valence-corrected chi connectivity index (χ4v) is 1.90. The Labute approximate surface area is 116 Å². The molecule has 0 fully saturated rings. The van der Waals surface area contributed by atoms with Crippen LogP contribution in [0.1, 0.15) is 21.5 Å². The lowest BCUT2D eigenvalue weighted by molar-refractivity contribution is 0.102. The molecule has 2 rings (SSSR count). The fourth-order valence-electron chi connectivity index (χ4n) is 1.90. The highest BCUT2D eigenvalue weighted by Crippen LogP contribution is 2.28. The number of aryl methyl sites for hydroxylation is 1. The van der Waals surface area contributed by atoms with Gasteiger partial charge in [0.2, 0.25) is 0 Å². The van der Waals surface area contributed by atoms with Gasteiger partial charge in [0, 0.05) is 6.07 Å². The van der Waals surface area contributed by atoms with Gasteiger partial charge in [0.05, 0.1) is 16.9 Å². The minimum Gasteiger partial charge on any atom is -0.508 e. The molecule has 0 heterocycles. The van der Waals surface area contributed by atoms with E-state index >= 15 is 0 Å². The average molecular weight is 272 g/mol. The number of hydrogen-bond donors (Lipinski definition) is 4. The Balaban J connectivity index is 2.35. The second-order valence-corrected chi connectivity index (χ2v) is 4.63. The number of nitrogens with one attached hydrogen (secondary N) is 1. The maximum absolute atomic E-state index is 12.2. The van der Waals surface area contributed by atoms with E-state index in [0.29, 0.717) is 11.4 Å². The summed E-state index contributed by atoms with van der Waals surface area (Å²) in [6.45, 7) is 3.78. The second-order valence-electron chi connectivity index (χ2n) is 4.63. The Hall–Kier alpha value is -2.69. The van der Waals surface area contributed by atoms with E-state index < -0.39 is 5.91 Å². The van der Waals surface area contributed by atoms with E-state index in [4.69, 9.17) is 5.73 Å². The van der Waals surface area contributed by atoms with Gasteiger partial charge in [0.1, 0.15) is 11.5 Å². The number of carbonyl (C=O) groups is 1. The second kappa shape index (κ2) is 5.13. The van der Waals surface area contributed by atoms with Gasteiger partial charge in [-0.25, -0.2) is 0 Å². The maximum atomic E-state index is 12.2. The fraction of sp³-hybridized carbons (Fsp3) is 0.133. The van der Waals surface area contributed by atoms with Crippen molar-refractivity contribution in [2.75, 3.05) is 11.1 Å². The highest BCUT2D eigenvalue weighted by molar-refractivity contribution is 6.08. The van der Waals surface area contributed by atoms with Crippen molar-refractivity contribution in [1.29, 1.82) is 0 Å². The molecule has 2 aromatic carbocycles. The first-order valence-electron chi connectivity index (χ1n) is 6.09. The molecule has 0 aromatic heterocycles. The lowest BCUT2D eigenvalue weighted by Crippen LogP contribution is -2.14. The van der Waals surface area contributed by atoms with Gasteiger partial charge in [-0.2, -0.15) is 0 Å². The van der Waals surface area contributed by atoms with Gasteiger partial charge >= 0.3 is 0 Å². The molecule has 1 amide bonds. The Morgan fingerprint density at radius 2 is 1.85 bits per heavy atom. The van der Waals surface area contributed by atoms with Crippen LogP contribution < -0.4 is 11.1 Å². The molecular formula is C15H16N2O3. The van der Waals surface area contributed by atoms with Gasteiger partial charge in [-0.1, -0.05) is 6.07 Å². The highest BCUT2D eigenvalue weighted by Gasteiger charge is 2.15. The van der Waals surface area contributed by atoms with Crippen molar-refractivity contribution in [2.24, 2.45) is 0 Å². The monoisotopic (exact) mass is 272 g/mol. The van der Waals surface area contributed by atoms with Crippen LogP contribution in [0.2, 0.25) is 0 Å². The molecule has 0 saturated carbocycles. The van der Waals surface area contributed by atoms with Crippen molar-refractivity contribution in [3.05, 3.63) is 47.0 Å². The topological polar surface area (TPSA) is 95.6 Å². The molecule has 5 nitrogen and oxygen atoms in total. The summed E-state index contributed by atoms with van der Waals surface area (Å²) in [5, 5.41) is 21.6. The van der Waals surface area contributed by atoms with Crippen LogP contribution in [0.4, 0.5) is 11.4 Å². The summed E-state index contributed by atoms with van der Waals surface area (Å²) in [5.74, 6) is -0.875. The number of nitrogens with two attached hydrogens (primary N) is 1. The molecule has 2 aromatic rings. The number of phenolic OH excluding ortho intramolecular Hbond substituents is 2. The number of nitrogen functional groups attached to an aromatic ring is 1. The predicted octanol–water partition coefficient (Wildman–Crippen LogP) is 2.55. The number of rotatable bonds is 2. The number of aromatic hydroxyl groups is 2. The van der Waals surface area contributed by atoms with E-state index in [9.17, 15) is 15.0 Å². The summed E-state index contributed by atoms with van der Waals surface area (Å²) in [6.07, 6.45) is 0. The first-order chi connectivity index (χ1) is 9.40. The van der Waals surface area contributed by atoms with Crippen molar-refractivity contribution >= 4 is 17.3 Å². The highest BCUT2D eigenvalue weighted by atomic mass is 16.3. The molecule has 0 aliphatic heterocycles. The quantitative estimate of drug-likeness (QED) is 0.632. The summed E-state index contributed by atoms with van der Waals surface area (Å²) < 4.78 is 0. The predicted molar refractivity (Wildman–Crippen MR) is 78.1 cm³/mol. The van der Waals surface area contributed by atoms with E-state index in [1.165, 1.54) is 12.1 Å². The van der Waals surface area contributed by atoms with E-state index in [1.807, 2.05) is 19.9 Å². The van der Waals surface area contributed by atoms with Crippen molar-refractivity contribution in [3.8, 4) is 11.5 Å². The molecule has 0 atom stereocenters. The van der Waals surface area contributed by atoms with Gasteiger partial charge < -0.3 is 21.3 Å². The molecule has 5 N–H and O–H groups in total. The zero-order chi connectivity index (χ0) is 14.9. The van der Waals surface area contributed by atoms with Crippen LogP contribution in [0.3, 0.4) is 0 Å². The summed E-state index contributed by atoms with van der Waals surface area (Å²) in [7, 11) is 0. The molecule has 0 unspecified atom stereocenters. The van der Waals surface area contributed by atoms with Crippen molar-refractivity contribution in [1.82, 2.24) is 0 Å². The molecular weight excluding hydrogens is 256 g/mol. The number of anilines is 2. The molecule has 0 bridgehead atoms. The average Bonchev–Trinajstić information content (AvgIpc) is 2.39. The van der Waals surface area contributed by atoms with Crippen LogP contribution in [0.25, 0.3) is 0 Å². The standard InChI is InChI=1S/C15H16N2O3/c1-8-3-6-12(16)14(9(8)2)17-15(20)11-5-4-10(18)7-13(11)19/h3-7,18-19H,16H2,1-2H3,(H,17,20). The third-order valence-corrected chi connectivity index (χ3v) is 3.23. The van der Waals surface area contributed by atoms with E-state index in [1.54, 1.807) is 6.07 Å². The van der Waals surface area contributed by atoms with Crippen molar-refractivity contribution in [3.63, 3.8) is 0 Å². The van der Waals surface area contributed by atoms with Gasteiger partial charge in [-0.05, 0) is 43.2 Å². The number of phenols is 2. The Kier molecular flexibility index (Phi) is 3.52. The lowest BCUT2D eigenvalue weighted by atomic mass is 10.1. The van der Waals surface area contributed by atoms with Crippen LogP contribution in [0.15, 0.2) is 30.3 Å². The maximum Gasteiger partial charge on any atom is 0.259 e. The van der Waals surface area contributed by atoms with Crippen LogP contribution in [0, 0.1) is 13.8 Å². The molecule has 0 saturated heterocycles. The van der Waals surface area contributed by atoms with Crippen LogP contribution in [0.5, 0.6) is 11.5 Å². The molecule has 5 heteroatoms. The zero-order valence-corrected chi connectivity index (χ0v) is 11.3. The SMILES string of the molecule is Cc1ccc(N)c(NC(=O)c2ccc(O)cc2O)c1C. The smallest absolute Gasteiger partial charge is 0.259 e. The minimum absolute atomic E-state index is 0.0723. The van der Waals surface area contributed by atoms with Crippen LogP contribution in [-0.2, 0) is 0 Å². The number of hydrogen-bond acceptors (Lipinski definition) is 4. The zero-order valence-electron chi connectivity index (χ0n) is 11.3. The molecule has 104 valence electrons. The molecule has 0 aliphatic rings. The minimum atomic E-state index is -0.483. The number of carbonyl (C=O) groups excluding carboxylic acids is 1. The van der Waals surface area contributed by atoms with Crippen molar-refractivity contribution in [2.45, 2.75) is 13.8 Å². The van der Waals surface area contributed by atoms with Gasteiger partial charge in [0.15, 0.2) is 0 Å². The summed E-state index contributed by atoms with van der Waals surface area (Å²) in [6, 6.07) is 7.39. The van der Waals surface area contributed by atoms with Crippen LogP contribution in [-0.4, -0.2) is 16.1 Å². The summed E-state index contributed by atoms with van der Waals surface area (Å²) in [5.41, 5.74) is 8.80. The van der Waals surface area contributed by atoms with Crippen molar-refractivity contribution < 1.29 is 15.0 Å². The molecule has 0 aliphatic carbocycles. The van der Waals surface area contributed by atoms with E-state index in [-0.39, 0.29) is 17.1 Å². The van der Waals surface area contributed by atoms with Gasteiger partial charge in [0.25, 0.3) is 5.91 Å². The van der Waals surface area contributed by atoms with Gasteiger partial charge in [-0.15, -0.1) is 0 Å². The Bertz CT molecular complexity index is 681. The van der Waals surface area contributed by atoms with E-state index in [2.05, 4.69) is 5.32 Å². The first kappa shape index (κ1) is 13.7. The first-order valence-corrected chi connectivity index (χ1v) is 6.09.